The highest BCUT2D eigenvalue weighted by Crippen LogP contribution is 2.37. The molecule has 0 bridgehead atoms. The Balaban J connectivity index is 1.22. The number of hydrogen-bond acceptors (Lipinski definition) is 4. The summed E-state index contributed by atoms with van der Waals surface area (Å²) in [6.45, 7) is 0.412. The molecule has 5 rings (SSSR count). The van der Waals surface area contributed by atoms with Crippen molar-refractivity contribution in [3.05, 3.63) is 89.9 Å². The fourth-order valence-corrected chi connectivity index (χ4v) is 5.18. The molecule has 0 radical (unpaired) electrons. The lowest BCUT2D eigenvalue weighted by molar-refractivity contribution is -0.138. The normalized spacial score (nSPS) is 17.4. The first-order valence-electron chi connectivity index (χ1n) is 12.7. The molecule has 0 unspecified atom stereocenters. The third kappa shape index (κ3) is 5.82. The first-order valence-corrected chi connectivity index (χ1v) is 12.7. The minimum absolute atomic E-state index is 0.219. The Bertz CT molecular complexity index is 1380. The predicted molar refractivity (Wildman–Crippen MR) is 142 cm³/mol. The van der Waals surface area contributed by atoms with Gasteiger partial charge in [-0.2, -0.15) is 0 Å². The van der Waals surface area contributed by atoms with Crippen LogP contribution >= 0.6 is 0 Å². The number of nitrogens with zero attached hydrogens (tertiary/aromatic N) is 2. The molecule has 1 aliphatic carbocycles. The summed E-state index contributed by atoms with van der Waals surface area (Å²) in [6, 6.07) is 20.2. The van der Waals surface area contributed by atoms with Crippen molar-refractivity contribution in [3.63, 3.8) is 0 Å². The Labute approximate surface area is 216 Å². The number of carboxylic acids is 1. The molecular formula is C30H31N3O4. The summed E-state index contributed by atoms with van der Waals surface area (Å²) in [5.74, 6) is 0.673. The van der Waals surface area contributed by atoms with E-state index in [-0.39, 0.29) is 12.3 Å². The number of hydrogen-bond donors (Lipinski definition) is 2. The fraction of sp³-hybridized carbons (Fsp3) is 0.300. The molecule has 7 nitrogen and oxygen atoms in total. The Hall–Kier alpha value is -4.13. The molecule has 1 amide bonds. The Morgan fingerprint density at radius 2 is 1.65 bits per heavy atom. The SMILES string of the molecule is COc1ccc(CNC(=O)c2cn3cc(-c4ccc([C@H]5CC[C@H](CC(=O)O)CC5)cc4)ccc3n2)cc1. The van der Waals surface area contributed by atoms with Crippen molar-refractivity contribution < 1.29 is 19.4 Å². The minimum Gasteiger partial charge on any atom is -0.497 e. The maximum absolute atomic E-state index is 12.7. The van der Waals surface area contributed by atoms with E-state index in [9.17, 15) is 9.59 Å². The summed E-state index contributed by atoms with van der Waals surface area (Å²) < 4.78 is 7.05. The van der Waals surface area contributed by atoms with Gasteiger partial charge in [-0.05, 0) is 84.0 Å². The third-order valence-corrected chi connectivity index (χ3v) is 7.32. The maximum atomic E-state index is 12.7. The van der Waals surface area contributed by atoms with E-state index in [0.29, 0.717) is 29.7 Å². The topological polar surface area (TPSA) is 92.9 Å². The molecule has 2 heterocycles. The van der Waals surface area contributed by atoms with Gasteiger partial charge in [-0.3, -0.25) is 9.59 Å². The number of methoxy groups -OCH3 is 1. The zero-order valence-corrected chi connectivity index (χ0v) is 20.9. The van der Waals surface area contributed by atoms with E-state index in [4.69, 9.17) is 9.84 Å². The van der Waals surface area contributed by atoms with Gasteiger partial charge in [0.25, 0.3) is 5.91 Å². The van der Waals surface area contributed by atoms with Gasteiger partial charge >= 0.3 is 5.97 Å². The van der Waals surface area contributed by atoms with Gasteiger partial charge < -0.3 is 19.6 Å². The number of pyridine rings is 1. The van der Waals surface area contributed by atoms with E-state index in [1.165, 1.54) is 5.56 Å². The molecule has 0 saturated heterocycles. The van der Waals surface area contributed by atoms with Gasteiger partial charge in [0.1, 0.15) is 17.1 Å². The number of carboxylic acid groups (broad SMARTS) is 1. The highest BCUT2D eigenvalue weighted by molar-refractivity contribution is 5.92. The van der Waals surface area contributed by atoms with Crippen LogP contribution in [0.5, 0.6) is 5.75 Å². The zero-order valence-electron chi connectivity index (χ0n) is 20.9. The Morgan fingerprint density at radius 1 is 0.946 bits per heavy atom. The van der Waals surface area contributed by atoms with Crippen LogP contribution in [0.25, 0.3) is 16.8 Å². The molecule has 7 heteroatoms. The molecule has 1 fully saturated rings. The van der Waals surface area contributed by atoms with Crippen molar-refractivity contribution in [2.24, 2.45) is 5.92 Å². The van der Waals surface area contributed by atoms with Gasteiger partial charge in [-0.25, -0.2) is 4.98 Å². The number of aromatic nitrogens is 2. The lowest BCUT2D eigenvalue weighted by atomic mass is 9.77. The van der Waals surface area contributed by atoms with Crippen LogP contribution in [0.1, 0.15) is 59.6 Å². The second-order valence-electron chi connectivity index (χ2n) is 9.78. The third-order valence-electron chi connectivity index (χ3n) is 7.32. The summed E-state index contributed by atoms with van der Waals surface area (Å²) in [6.07, 6.45) is 8.08. The highest BCUT2D eigenvalue weighted by atomic mass is 16.5. The molecule has 0 aliphatic heterocycles. The molecule has 2 aromatic heterocycles. The van der Waals surface area contributed by atoms with Crippen LogP contribution in [0.4, 0.5) is 0 Å². The number of nitrogens with one attached hydrogen (secondary N) is 1. The smallest absolute Gasteiger partial charge is 0.303 e. The molecule has 2 N–H and O–H groups in total. The molecule has 190 valence electrons. The maximum Gasteiger partial charge on any atom is 0.303 e. The van der Waals surface area contributed by atoms with Crippen LogP contribution in [-0.2, 0) is 11.3 Å². The van der Waals surface area contributed by atoms with Gasteiger partial charge in [0.05, 0.1) is 7.11 Å². The number of amides is 1. The van der Waals surface area contributed by atoms with E-state index in [2.05, 4.69) is 34.6 Å². The van der Waals surface area contributed by atoms with E-state index in [1.807, 2.05) is 47.0 Å². The summed E-state index contributed by atoms with van der Waals surface area (Å²) in [5, 5.41) is 12.0. The largest absolute Gasteiger partial charge is 0.497 e. The average Bonchev–Trinajstić information content (AvgIpc) is 3.36. The van der Waals surface area contributed by atoms with E-state index in [1.54, 1.807) is 13.3 Å². The van der Waals surface area contributed by atoms with Crippen molar-refractivity contribution in [2.45, 2.75) is 44.6 Å². The van der Waals surface area contributed by atoms with E-state index in [0.717, 1.165) is 48.1 Å². The lowest BCUT2D eigenvalue weighted by Gasteiger charge is -2.28. The van der Waals surface area contributed by atoms with Crippen molar-refractivity contribution in [1.82, 2.24) is 14.7 Å². The fourth-order valence-electron chi connectivity index (χ4n) is 5.18. The molecule has 1 aliphatic rings. The molecule has 2 aromatic carbocycles. The van der Waals surface area contributed by atoms with Crippen molar-refractivity contribution >= 4 is 17.5 Å². The predicted octanol–water partition coefficient (Wildman–Crippen LogP) is 5.69. The van der Waals surface area contributed by atoms with Gasteiger partial charge in [0, 0.05) is 25.4 Å². The van der Waals surface area contributed by atoms with Gasteiger partial charge in [0.15, 0.2) is 0 Å². The second kappa shape index (κ2) is 10.9. The van der Waals surface area contributed by atoms with Crippen LogP contribution < -0.4 is 10.1 Å². The molecule has 0 atom stereocenters. The summed E-state index contributed by atoms with van der Waals surface area (Å²) in [4.78, 5) is 28.1. The summed E-state index contributed by atoms with van der Waals surface area (Å²) in [7, 11) is 1.62. The first-order chi connectivity index (χ1) is 18.0. The van der Waals surface area contributed by atoms with Crippen LogP contribution in [0, 0.1) is 5.92 Å². The first kappa shape index (κ1) is 24.6. The van der Waals surface area contributed by atoms with Crippen LogP contribution in [0.3, 0.4) is 0 Å². The van der Waals surface area contributed by atoms with E-state index >= 15 is 0 Å². The van der Waals surface area contributed by atoms with Crippen LogP contribution in [0.2, 0.25) is 0 Å². The Morgan fingerprint density at radius 3 is 2.32 bits per heavy atom. The van der Waals surface area contributed by atoms with Gasteiger partial charge in [0.2, 0.25) is 0 Å². The number of rotatable bonds is 8. The summed E-state index contributed by atoms with van der Waals surface area (Å²) >= 11 is 0. The molecule has 1 saturated carbocycles. The monoisotopic (exact) mass is 497 g/mol. The standard InChI is InChI=1S/C30H31N3O4/c1-37-26-13-4-21(5-14-26)17-31-30(36)27-19-33-18-25(12-15-28(33)32-27)24-10-8-23(9-11-24)22-6-2-20(3-7-22)16-29(34)35/h4-5,8-15,18-20,22H,2-3,6-7,16-17H2,1H3,(H,31,36)(H,34,35)/t20-,22-. The number of imidazole rings is 1. The number of carbonyl (C=O) groups excluding carboxylic acids is 1. The summed E-state index contributed by atoms with van der Waals surface area (Å²) in [5.41, 5.74) is 5.54. The molecule has 4 aromatic rings. The van der Waals surface area contributed by atoms with Crippen LogP contribution in [0.15, 0.2) is 73.1 Å². The molecular weight excluding hydrogens is 466 g/mol. The van der Waals surface area contributed by atoms with Gasteiger partial charge in [-0.15, -0.1) is 0 Å². The van der Waals surface area contributed by atoms with Crippen molar-refractivity contribution in [1.29, 1.82) is 0 Å². The van der Waals surface area contributed by atoms with Crippen LogP contribution in [-0.4, -0.2) is 33.5 Å². The van der Waals surface area contributed by atoms with Crippen molar-refractivity contribution in [2.75, 3.05) is 7.11 Å². The minimum atomic E-state index is -0.691. The number of carbonyl (C=O) groups is 2. The quantitative estimate of drug-likeness (QED) is 0.326. The Kier molecular flexibility index (Phi) is 7.21. The van der Waals surface area contributed by atoms with Crippen molar-refractivity contribution in [3.8, 4) is 16.9 Å². The highest BCUT2D eigenvalue weighted by Gasteiger charge is 2.24. The lowest BCUT2D eigenvalue weighted by Crippen LogP contribution is -2.23. The van der Waals surface area contributed by atoms with Gasteiger partial charge in [-0.1, -0.05) is 36.4 Å². The number of fused-ring (bicyclic) bond motifs is 1. The molecule has 0 spiro atoms. The number of ether oxygens (including phenoxy) is 1. The molecule has 37 heavy (non-hydrogen) atoms. The van der Waals surface area contributed by atoms with E-state index < -0.39 is 5.97 Å². The number of benzene rings is 2. The average molecular weight is 498 g/mol. The number of aliphatic carboxylic acids is 1. The zero-order chi connectivity index (χ0) is 25.8. The second-order valence-corrected chi connectivity index (χ2v) is 9.78.